The normalized spacial score (nSPS) is 13.2. The smallest absolute Gasteiger partial charge is 0.208 e. The van der Waals surface area contributed by atoms with Crippen LogP contribution in [0.15, 0.2) is 0 Å². The molecule has 0 aliphatic carbocycles. The van der Waals surface area contributed by atoms with Crippen LogP contribution in [0, 0.1) is 76.9 Å². The Morgan fingerprint density at radius 3 is 0.891 bits per heavy atom. The molecule has 0 spiro atoms. The van der Waals surface area contributed by atoms with E-state index in [0.29, 0.717) is 47.3 Å². The van der Waals surface area contributed by atoms with Crippen molar-refractivity contribution in [1.29, 1.82) is 0 Å². The summed E-state index contributed by atoms with van der Waals surface area (Å²) in [6.45, 7) is 61.4. The van der Waals surface area contributed by atoms with Gasteiger partial charge in [-0.25, -0.2) is 0 Å². The monoisotopic (exact) mass is 934 g/mol. The molecule has 64 heavy (non-hydrogen) atoms. The zero-order chi connectivity index (χ0) is 52.7. The van der Waals surface area contributed by atoms with Gasteiger partial charge < -0.3 is 9.47 Å². The van der Waals surface area contributed by atoms with Crippen LogP contribution < -0.4 is 0 Å². The van der Waals surface area contributed by atoms with Crippen molar-refractivity contribution in [3.63, 3.8) is 0 Å². The molecule has 0 aromatic rings. The summed E-state index contributed by atoms with van der Waals surface area (Å²) in [4.78, 5) is 39.2. The second kappa shape index (κ2) is 39.4. The van der Waals surface area contributed by atoms with E-state index < -0.39 is 0 Å². The van der Waals surface area contributed by atoms with E-state index in [1.807, 2.05) is 53.7 Å². The number of rotatable bonds is 16. The van der Waals surface area contributed by atoms with Crippen molar-refractivity contribution in [2.75, 3.05) is 27.3 Å². The van der Waals surface area contributed by atoms with Gasteiger partial charge in [0.05, 0.1) is 19.3 Å². The Balaban J connectivity index is -0.000000154. The first-order chi connectivity index (χ1) is 28.7. The molecule has 0 atom stereocenters. The number of hydroxylamine groups is 3. The number of hydrogen-bond donors (Lipinski definition) is 1. The minimum absolute atomic E-state index is 0.157. The third-order valence-corrected chi connectivity index (χ3v) is 11.6. The number of Topliss-reactive ketones (excluding diaryl/α,β-unsaturated/α-hetero) is 3. The van der Waals surface area contributed by atoms with Crippen molar-refractivity contribution in [2.45, 2.75) is 219 Å². The number of carbonyl (C=O) groups excluding carboxylic acids is 3. The molecule has 1 heterocycles. The Morgan fingerprint density at radius 1 is 0.531 bits per heavy atom. The predicted molar refractivity (Wildman–Crippen MR) is 282 cm³/mol. The highest BCUT2D eigenvalue weighted by atomic mass is 32.1. The van der Waals surface area contributed by atoms with Gasteiger partial charge in [0.2, 0.25) is 17.3 Å². The van der Waals surface area contributed by atoms with Crippen molar-refractivity contribution in [3.05, 3.63) is 0 Å². The van der Waals surface area contributed by atoms with Crippen LogP contribution in [-0.2, 0) is 28.7 Å². The number of hydrogen-bond acceptors (Lipinski definition) is 9. The Hall–Kier alpha value is -1.59. The molecule has 1 aliphatic rings. The zero-order valence-corrected chi connectivity index (χ0v) is 49.1. The van der Waals surface area contributed by atoms with Gasteiger partial charge in [-0.1, -0.05) is 185 Å². The van der Waals surface area contributed by atoms with Crippen molar-refractivity contribution in [1.82, 2.24) is 5.06 Å². The molecule has 9 nitrogen and oxygen atoms in total. The average molecular weight is 935 g/mol. The van der Waals surface area contributed by atoms with Gasteiger partial charge in [0.15, 0.2) is 12.8 Å². The van der Waals surface area contributed by atoms with E-state index in [9.17, 15) is 14.4 Å². The van der Waals surface area contributed by atoms with Gasteiger partial charge in [-0.3, -0.25) is 24.4 Å². The Kier molecular flexibility index (Phi) is 45.5. The first-order valence-electron chi connectivity index (χ1n) is 24.8. The van der Waals surface area contributed by atoms with Crippen LogP contribution in [0.1, 0.15) is 201 Å². The molecule has 0 aromatic carbocycles. The number of ketones is 3. The molecule has 0 unspecified atom stereocenters. The summed E-state index contributed by atoms with van der Waals surface area (Å²) in [6.07, 6.45) is 0.289. The molecule has 0 bridgehead atoms. The van der Waals surface area contributed by atoms with Gasteiger partial charge in [0.25, 0.3) is 0 Å². The number of thiocarbonyl (C=S) groups is 1. The Bertz CT molecular complexity index is 1130. The second-order valence-electron chi connectivity index (χ2n) is 21.6. The van der Waals surface area contributed by atoms with Crippen molar-refractivity contribution < 1.29 is 38.6 Å². The molecule has 0 amide bonds. The minimum Gasteiger partial charge on any atom is -0.347 e. The topological polar surface area (TPSA) is 105 Å². The fourth-order valence-corrected chi connectivity index (χ4v) is 6.32. The van der Waals surface area contributed by atoms with E-state index in [-0.39, 0.29) is 47.1 Å². The van der Waals surface area contributed by atoms with Crippen molar-refractivity contribution in [3.8, 4) is 0 Å². The lowest BCUT2D eigenvalue weighted by atomic mass is 9.88. The predicted octanol–water partition coefficient (Wildman–Crippen LogP) is 14.4. The zero-order valence-electron chi connectivity index (χ0n) is 48.3. The standard InChI is InChI=1S/C9H18O2.C8H18NO.C8H14O2.C8H18.C7H17NO.C7H14O.C7H14S/c1-7(2)9(8(3)4)10-5-6-11-9;1-6(2)8(7(3)4)9(5)10;1-5(2)7(9)8(10)6(3)4;1-6(2)8(5)7(3)4;1-6(2)8(5)9-7(3)4;2*1-5(2)7(8)6(3)4/h7-8H,5-6H2,1-4H3;6-7,10H,1-5H3;5-6H,1-4H3;6-8H,1-5H3;6-7H,1-5H3;2*5-6H,1-4H3/q;+1;;;;;. The lowest BCUT2D eigenvalue weighted by Crippen LogP contribution is -2.41. The van der Waals surface area contributed by atoms with E-state index in [2.05, 4.69) is 132 Å². The summed E-state index contributed by atoms with van der Waals surface area (Å²) >= 11 is 5.10. The summed E-state index contributed by atoms with van der Waals surface area (Å²) in [5.41, 5.74) is 1.08. The summed E-state index contributed by atoms with van der Waals surface area (Å²) in [6, 6.07) is 0.465. The molecule has 1 fully saturated rings. The van der Waals surface area contributed by atoms with Gasteiger partial charge in [-0.2, -0.15) is 5.06 Å². The maximum atomic E-state index is 10.9. The van der Waals surface area contributed by atoms with Crippen LogP contribution in [-0.4, -0.2) is 88.2 Å². The van der Waals surface area contributed by atoms with Gasteiger partial charge >= 0.3 is 0 Å². The highest BCUT2D eigenvalue weighted by Gasteiger charge is 2.42. The van der Waals surface area contributed by atoms with Crippen LogP contribution in [0.25, 0.3) is 0 Å². The van der Waals surface area contributed by atoms with Crippen LogP contribution in [0.2, 0.25) is 0 Å². The van der Waals surface area contributed by atoms with Crippen LogP contribution >= 0.6 is 12.2 Å². The average Bonchev–Trinajstić information content (AvgIpc) is 3.66. The highest BCUT2D eigenvalue weighted by Crippen LogP contribution is 2.34. The quantitative estimate of drug-likeness (QED) is 0.0404. The molecule has 0 saturated carbocycles. The summed E-state index contributed by atoms with van der Waals surface area (Å²) in [5.74, 6) is 5.06. The molecular weight excluding hydrogens is 821 g/mol. The first-order valence-corrected chi connectivity index (χ1v) is 25.3. The summed E-state index contributed by atoms with van der Waals surface area (Å²) in [5, 5.41) is 11.0. The third-order valence-electron chi connectivity index (χ3n) is 10.7. The van der Waals surface area contributed by atoms with Crippen LogP contribution in [0.3, 0.4) is 0 Å². The molecule has 1 aliphatic heterocycles. The largest absolute Gasteiger partial charge is 0.347 e. The van der Waals surface area contributed by atoms with E-state index in [1.165, 1.54) is 9.60 Å². The molecule has 0 aromatic heterocycles. The van der Waals surface area contributed by atoms with E-state index >= 15 is 0 Å². The third kappa shape index (κ3) is 37.5. The highest BCUT2D eigenvalue weighted by molar-refractivity contribution is 7.80. The first kappa shape index (κ1) is 74.0. The SMILES string of the molecule is CC(C)C(=O)C(=O)C(C)C.CC(C)C(=O)C(C)C.CC(C)C(=S)C(C)C.CC(C)C(C(C)C)=[N+](C)O.CC(C)C(C)C(C)C.CC(C)C1(C(C)C)OCCO1.CC(C)ON(C)C(C)C. The number of nitrogens with zero attached hydrogens (tertiary/aromatic N) is 2. The van der Waals surface area contributed by atoms with Crippen molar-refractivity contribution >= 4 is 40.1 Å². The molecule has 1 rings (SSSR count). The molecule has 1 saturated heterocycles. The minimum atomic E-state index is -0.306. The van der Waals surface area contributed by atoms with Gasteiger partial charge in [-0.15, -0.1) is 0 Å². The van der Waals surface area contributed by atoms with Crippen LogP contribution in [0.4, 0.5) is 0 Å². The molecule has 1 N–H and O–H groups in total. The van der Waals surface area contributed by atoms with Crippen molar-refractivity contribution in [2.24, 2.45) is 76.9 Å². The lowest BCUT2D eigenvalue weighted by Gasteiger charge is -2.35. The lowest BCUT2D eigenvalue weighted by molar-refractivity contribution is -0.757. The van der Waals surface area contributed by atoms with E-state index in [1.54, 1.807) is 34.7 Å². The van der Waals surface area contributed by atoms with Crippen LogP contribution in [0.5, 0.6) is 0 Å². The van der Waals surface area contributed by atoms with Gasteiger partial charge in [0, 0.05) is 60.4 Å². The molecule has 10 heteroatoms. The summed E-state index contributed by atoms with van der Waals surface area (Å²) < 4.78 is 12.5. The molecule has 386 valence electrons. The Morgan fingerprint density at radius 2 is 0.828 bits per heavy atom. The molecule has 0 radical (unpaired) electrons. The Labute approximate surface area is 405 Å². The summed E-state index contributed by atoms with van der Waals surface area (Å²) in [7, 11) is 3.62. The molecular formula is C54H113N2O7S+. The van der Waals surface area contributed by atoms with Gasteiger partial charge in [-0.05, 0) is 66.9 Å². The second-order valence-corrected chi connectivity index (χ2v) is 22.1. The maximum Gasteiger partial charge on any atom is 0.208 e. The maximum absolute atomic E-state index is 10.9. The number of carbonyl (C=O) groups is 3. The van der Waals surface area contributed by atoms with E-state index in [0.717, 1.165) is 36.7 Å². The van der Waals surface area contributed by atoms with Gasteiger partial charge in [0.1, 0.15) is 5.78 Å². The fraction of sp³-hybridized carbons (Fsp3) is 0.907. The van der Waals surface area contributed by atoms with E-state index in [4.69, 9.17) is 31.7 Å². The number of ether oxygens (including phenoxy) is 2. The fourth-order valence-electron chi connectivity index (χ4n) is 6.32.